The van der Waals surface area contributed by atoms with E-state index in [1.165, 1.54) is 0 Å². The summed E-state index contributed by atoms with van der Waals surface area (Å²) in [5.74, 6) is -2.13. The molecule has 7 nitrogen and oxygen atoms in total. The molecule has 0 saturated heterocycles. The molecule has 0 aliphatic carbocycles. The minimum atomic E-state index is -1.70. The average molecular weight is 363 g/mol. The van der Waals surface area contributed by atoms with Gasteiger partial charge in [-0.3, -0.25) is 0 Å². The van der Waals surface area contributed by atoms with E-state index in [9.17, 15) is 24.2 Å². The van der Waals surface area contributed by atoms with Crippen molar-refractivity contribution in [1.82, 2.24) is 5.32 Å². The Kier molecular flexibility index (Phi) is 6.65. The van der Waals surface area contributed by atoms with E-state index in [0.29, 0.717) is 0 Å². The van der Waals surface area contributed by atoms with E-state index in [2.05, 4.69) is 5.32 Å². The van der Waals surface area contributed by atoms with E-state index >= 15 is 0 Å². The van der Waals surface area contributed by atoms with E-state index in [4.69, 9.17) is 9.84 Å². The highest BCUT2D eigenvalue weighted by atomic mass is 19.1. The van der Waals surface area contributed by atoms with Gasteiger partial charge in [0.15, 0.2) is 0 Å². The molecular formula is C18H18FNO6. The van der Waals surface area contributed by atoms with E-state index < -0.39 is 36.6 Å². The van der Waals surface area contributed by atoms with Gasteiger partial charge in [0.1, 0.15) is 24.6 Å². The SMILES string of the molecule is O=C(NCC(O)C(O)c1cc(F)ccc1C(=O)O)OCc1ccccc1. The second-order valence-electron chi connectivity index (χ2n) is 5.49. The van der Waals surface area contributed by atoms with Crippen molar-refractivity contribution in [1.29, 1.82) is 0 Å². The zero-order valence-corrected chi connectivity index (χ0v) is 13.6. The predicted molar refractivity (Wildman–Crippen MR) is 89.0 cm³/mol. The van der Waals surface area contributed by atoms with Crippen LogP contribution in [0.5, 0.6) is 0 Å². The Labute approximate surface area is 148 Å². The van der Waals surface area contributed by atoms with Crippen molar-refractivity contribution in [3.8, 4) is 0 Å². The third-order valence-corrected chi connectivity index (χ3v) is 3.60. The van der Waals surface area contributed by atoms with Gasteiger partial charge in [-0.1, -0.05) is 30.3 Å². The van der Waals surface area contributed by atoms with Gasteiger partial charge in [0.2, 0.25) is 0 Å². The van der Waals surface area contributed by atoms with Gasteiger partial charge in [0.25, 0.3) is 0 Å². The van der Waals surface area contributed by atoms with Crippen molar-refractivity contribution in [2.24, 2.45) is 0 Å². The van der Waals surface area contributed by atoms with Crippen LogP contribution in [0, 0.1) is 5.82 Å². The minimum Gasteiger partial charge on any atom is -0.478 e. The van der Waals surface area contributed by atoms with Gasteiger partial charge in [-0.15, -0.1) is 0 Å². The molecule has 2 rings (SSSR count). The van der Waals surface area contributed by atoms with Crippen LogP contribution in [0.1, 0.15) is 27.6 Å². The van der Waals surface area contributed by atoms with Crippen LogP contribution in [-0.4, -0.2) is 40.0 Å². The normalized spacial score (nSPS) is 12.9. The highest BCUT2D eigenvalue weighted by molar-refractivity contribution is 5.89. The van der Waals surface area contributed by atoms with Crippen molar-refractivity contribution < 1.29 is 34.0 Å². The Morgan fingerprint density at radius 2 is 1.81 bits per heavy atom. The van der Waals surface area contributed by atoms with E-state index in [0.717, 1.165) is 23.8 Å². The van der Waals surface area contributed by atoms with Crippen molar-refractivity contribution in [2.75, 3.05) is 6.54 Å². The van der Waals surface area contributed by atoms with Gasteiger partial charge < -0.3 is 25.4 Å². The maximum Gasteiger partial charge on any atom is 0.407 e. The summed E-state index contributed by atoms with van der Waals surface area (Å²) in [6, 6.07) is 11.7. The van der Waals surface area contributed by atoms with Gasteiger partial charge >= 0.3 is 12.1 Å². The number of nitrogens with one attached hydrogen (secondary N) is 1. The fraction of sp³-hybridized carbons (Fsp3) is 0.222. The van der Waals surface area contributed by atoms with E-state index in [1.807, 2.05) is 6.07 Å². The summed E-state index contributed by atoms with van der Waals surface area (Å²) in [5, 5.41) is 31.4. The third-order valence-electron chi connectivity index (χ3n) is 3.60. The van der Waals surface area contributed by atoms with Gasteiger partial charge in [-0.25, -0.2) is 14.0 Å². The fourth-order valence-corrected chi connectivity index (χ4v) is 2.25. The lowest BCUT2D eigenvalue weighted by atomic mass is 9.98. The molecule has 138 valence electrons. The van der Waals surface area contributed by atoms with Crippen LogP contribution in [0.15, 0.2) is 48.5 Å². The number of alkyl carbamates (subject to hydrolysis) is 1. The molecule has 0 aliphatic heterocycles. The summed E-state index contributed by atoms with van der Waals surface area (Å²) in [7, 11) is 0. The standard InChI is InChI=1S/C18H18FNO6/c19-12-6-7-13(17(23)24)14(8-12)16(22)15(21)9-20-18(25)26-10-11-4-2-1-3-5-11/h1-8,15-16,21-22H,9-10H2,(H,20,25)(H,23,24). The summed E-state index contributed by atoms with van der Waals surface area (Å²) in [4.78, 5) is 22.8. The maximum atomic E-state index is 13.3. The van der Waals surface area contributed by atoms with Crippen LogP contribution < -0.4 is 5.32 Å². The van der Waals surface area contributed by atoms with Crippen molar-refractivity contribution in [3.63, 3.8) is 0 Å². The molecule has 0 aromatic heterocycles. The quantitative estimate of drug-likeness (QED) is 0.597. The highest BCUT2D eigenvalue weighted by Crippen LogP contribution is 2.22. The first-order chi connectivity index (χ1) is 12.4. The second kappa shape index (κ2) is 8.93. The molecule has 4 N–H and O–H groups in total. The molecule has 0 fully saturated rings. The topological polar surface area (TPSA) is 116 Å². The van der Waals surface area contributed by atoms with Crippen molar-refractivity contribution in [3.05, 3.63) is 71.0 Å². The Hall–Kier alpha value is -2.97. The van der Waals surface area contributed by atoms with Gasteiger partial charge in [0.05, 0.1) is 5.56 Å². The minimum absolute atomic E-state index is 0.0262. The molecule has 8 heteroatoms. The van der Waals surface area contributed by atoms with Gasteiger partial charge in [-0.2, -0.15) is 0 Å². The van der Waals surface area contributed by atoms with Crippen LogP contribution in [0.2, 0.25) is 0 Å². The van der Waals surface area contributed by atoms with Crippen LogP contribution in [0.25, 0.3) is 0 Å². The molecule has 0 heterocycles. The summed E-state index contributed by atoms with van der Waals surface area (Å²) < 4.78 is 18.3. The first kappa shape index (κ1) is 19.4. The van der Waals surface area contributed by atoms with E-state index in [-0.39, 0.29) is 17.7 Å². The zero-order chi connectivity index (χ0) is 19.1. The Morgan fingerprint density at radius 3 is 2.46 bits per heavy atom. The summed E-state index contributed by atoms with van der Waals surface area (Å²) in [6.45, 7) is -0.386. The van der Waals surface area contributed by atoms with Crippen LogP contribution in [0.3, 0.4) is 0 Å². The smallest absolute Gasteiger partial charge is 0.407 e. The predicted octanol–water partition coefficient (Wildman–Crippen LogP) is 1.84. The lowest BCUT2D eigenvalue weighted by molar-refractivity contribution is 0.0172. The van der Waals surface area contributed by atoms with E-state index in [1.54, 1.807) is 24.3 Å². The number of hydrogen-bond acceptors (Lipinski definition) is 5. The summed E-state index contributed by atoms with van der Waals surface area (Å²) >= 11 is 0. The molecular weight excluding hydrogens is 345 g/mol. The monoisotopic (exact) mass is 363 g/mol. The molecule has 0 aliphatic rings. The molecule has 0 radical (unpaired) electrons. The third kappa shape index (κ3) is 5.27. The number of benzene rings is 2. The number of aliphatic hydroxyl groups is 2. The molecule has 0 saturated carbocycles. The maximum absolute atomic E-state index is 13.3. The number of amides is 1. The number of aliphatic hydroxyl groups excluding tert-OH is 2. The lowest BCUT2D eigenvalue weighted by Crippen LogP contribution is -2.36. The lowest BCUT2D eigenvalue weighted by Gasteiger charge is -2.20. The number of carboxylic acids is 1. The molecule has 26 heavy (non-hydrogen) atoms. The van der Waals surface area contributed by atoms with Crippen LogP contribution >= 0.6 is 0 Å². The van der Waals surface area contributed by atoms with Gasteiger partial charge in [0, 0.05) is 12.1 Å². The first-order valence-electron chi connectivity index (χ1n) is 7.72. The number of carbonyl (C=O) groups excluding carboxylic acids is 1. The second-order valence-corrected chi connectivity index (χ2v) is 5.49. The largest absolute Gasteiger partial charge is 0.478 e. The number of rotatable bonds is 7. The first-order valence-corrected chi connectivity index (χ1v) is 7.72. The Morgan fingerprint density at radius 1 is 1.12 bits per heavy atom. The summed E-state index contributed by atoms with van der Waals surface area (Å²) in [5.41, 5.74) is 0.142. The number of carbonyl (C=O) groups is 2. The number of ether oxygens (including phenoxy) is 1. The zero-order valence-electron chi connectivity index (χ0n) is 13.6. The van der Waals surface area contributed by atoms with Gasteiger partial charge in [-0.05, 0) is 23.8 Å². The molecule has 1 amide bonds. The number of carboxylic acid groups (broad SMARTS) is 1. The average Bonchev–Trinajstić information content (AvgIpc) is 2.64. The Balaban J connectivity index is 1.91. The molecule has 0 spiro atoms. The molecule has 2 aromatic carbocycles. The van der Waals surface area contributed by atoms with Crippen LogP contribution in [0.4, 0.5) is 9.18 Å². The highest BCUT2D eigenvalue weighted by Gasteiger charge is 2.24. The van der Waals surface area contributed by atoms with Crippen LogP contribution in [-0.2, 0) is 11.3 Å². The molecule has 0 bridgehead atoms. The van der Waals surface area contributed by atoms with Crippen molar-refractivity contribution in [2.45, 2.75) is 18.8 Å². The Bertz CT molecular complexity index is 768. The molecule has 2 unspecified atom stereocenters. The number of hydrogen-bond donors (Lipinski definition) is 4. The van der Waals surface area contributed by atoms with Crippen molar-refractivity contribution >= 4 is 12.1 Å². The fourth-order valence-electron chi connectivity index (χ4n) is 2.25. The number of halogens is 1. The molecule has 2 atom stereocenters. The summed E-state index contributed by atoms with van der Waals surface area (Å²) in [6.07, 6.45) is -4.08. The molecule has 2 aromatic rings. The number of aromatic carboxylic acids is 1.